The van der Waals surface area contributed by atoms with Gasteiger partial charge < -0.3 is 15.0 Å². The summed E-state index contributed by atoms with van der Waals surface area (Å²) in [4.78, 5) is 13.3. The number of carbonyl (C=O) groups excluding carboxylic acids is 1. The first-order valence-corrected chi connectivity index (χ1v) is 5.75. The molecule has 92 valence electrons. The summed E-state index contributed by atoms with van der Waals surface area (Å²) in [5.41, 5.74) is -0.402. The van der Waals surface area contributed by atoms with Gasteiger partial charge in [0.15, 0.2) is 0 Å². The van der Waals surface area contributed by atoms with Crippen molar-refractivity contribution in [3.8, 4) is 0 Å². The van der Waals surface area contributed by atoms with Crippen molar-refractivity contribution in [1.82, 2.24) is 10.2 Å². The van der Waals surface area contributed by atoms with Gasteiger partial charge in [0.1, 0.15) is 5.60 Å². The Labute approximate surface area is 97.6 Å². The molecule has 4 heteroatoms. The summed E-state index contributed by atoms with van der Waals surface area (Å²) in [6.45, 7) is 9.99. The largest absolute Gasteiger partial charge is 0.444 e. The molecule has 1 saturated heterocycles. The van der Waals surface area contributed by atoms with Gasteiger partial charge in [0.05, 0.1) is 0 Å². The molecule has 0 aliphatic carbocycles. The lowest BCUT2D eigenvalue weighted by Crippen LogP contribution is -2.60. The number of hydrogen-bond donors (Lipinski definition) is 1. The molecule has 16 heavy (non-hydrogen) atoms. The van der Waals surface area contributed by atoms with E-state index in [0.29, 0.717) is 6.04 Å². The van der Waals surface area contributed by atoms with Gasteiger partial charge >= 0.3 is 6.09 Å². The number of allylic oxidation sites excluding steroid dienone is 1. The molecule has 1 aliphatic rings. The second-order valence-electron chi connectivity index (χ2n) is 5.06. The molecule has 1 heterocycles. The highest BCUT2D eigenvalue weighted by molar-refractivity contribution is 5.69. The minimum absolute atomic E-state index is 0.211. The van der Waals surface area contributed by atoms with Crippen LogP contribution in [0.25, 0.3) is 0 Å². The predicted molar refractivity (Wildman–Crippen MR) is 64.4 cm³/mol. The molecule has 1 amide bonds. The topological polar surface area (TPSA) is 41.6 Å². The molecule has 0 aromatic carbocycles. The molecule has 1 rings (SSSR count). The molecule has 1 fully saturated rings. The number of hydrogen-bond acceptors (Lipinski definition) is 3. The van der Waals surface area contributed by atoms with Crippen LogP contribution in [-0.2, 0) is 4.74 Å². The SMILES string of the molecule is C/C=C/CNC1CN(C(=O)OC(C)(C)C)C1. The van der Waals surface area contributed by atoms with E-state index in [2.05, 4.69) is 11.4 Å². The number of nitrogens with one attached hydrogen (secondary N) is 1. The van der Waals surface area contributed by atoms with Crippen molar-refractivity contribution in [1.29, 1.82) is 0 Å². The first-order valence-electron chi connectivity index (χ1n) is 5.75. The molecule has 0 aromatic heterocycles. The lowest BCUT2D eigenvalue weighted by atomic mass is 10.1. The molecule has 0 radical (unpaired) electrons. The predicted octanol–water partition coefficient (Wildman–Crippen LogP) is 1.77. The fourth-order valence-corrected chi connectivity index (χ4v) is 1.44. The van der Waals surface area contributed by atoms with Crippen molar-refractivity contribution >= 4 is 6.09 Å². The summed E-state index contributed by atoms with van der Waals surface area (Å²) in [5.74, 6) is 0. The summed E-state index contributed by atoms with van der Waals surface area (Å²) in [7, 11) is 0. The zero-order valence-corrected chi connectivity index (χ0v) is 10.6. The Hall–Kier alpha value is -1.03. The highest BCUT2D eigenvalue weighted by Crippen LogP contribution is 2.14. The summed E-state index contributed by atoms with van der Waals surface area (Å²) in [6.07, 6.45) is 3.87. The van der Waals surface area contributed by atoms with Crippen LogP contribution < -0.4 is 5.32 Å². The summed E-state index contributed by atoms with van der Waals surface area (Å²) in [6, 6.07) is 0.406. The standard InChI is InChI=1S/C12H22N2O2/c1-5-6-7-13-10-8-14(9-10)11(15)16-12(2,3)4/h5-6,10,13H,7-9H2,1-4H3/b6-5+. The molecule has 0 spiro atoms. The van der Waals surface area contributed by atoms with Crippen LogP contribution in [0.1, 0.15) is 27.7 Å². The third kappa shape index (κ3) is 4.23. The minimum atomic E-state index is -0.402. The Balaban J connectivity index is 2.18. The van der Waals surface area contributed by atoms with E-state index in [1.807, 2.05) is 33.8 Å². The van der Waals surface area contributed by atoms with Gasteiger partial charge in [-0.3, -0.25) is 0 Å². The summed E-state index contributed by atoms with van der Waals surface area (Å²) >= 11 is 0. The maximum Gasteiger partial charge on any atom is 0.410 e. The van der Waals surface area contributed by atoms with Crippen molar-refractivity contribution in [2.45, 2.75) is 39.3 Å². The van der Waals surface area contributed by atoms with Crippen LogP contribution in [0.3, 0.4) is 0 Å². The van der Waals surface area contributed by atoms with Gasteiger partial charge in [0.2, 0.25) is 0 Å². The second kappa shape index (κ2) is 5.34. The Morgan fingerprint density at radius 2 is 2.12 bits per heavy atom. The normalized spacial score (nSPS) is 17.6. The van der Waals surface area contributed by atoms with Gasteiger partial charge in [-0.15, -0.1) is 0 Å². The monoisotopic (exact) mass is 226 g/mol. The van der Waals surface area contributed by atoms with Crippen molar-refractivity contribution in [3.05, 3.63) is 12.2 Å². The molecule has 1 aliphatic heterocycles. The van der Waals surface area contributed by atoms with Crippen LogP contribution in [0.15, 0.2) is 12.2 Å². The Morgan fingerprint density at radius 3 is 2.62 bits per heavy atom. The maximum absolute atomic E-state index is 11.6. The highest BCUT2D eigenvalue weighted by Gasteiger charge is 2.32. The Kier molecular flexibility index (Phi) is 4.35. The van der Waals surface area contributed by atoms with Gasteiger partial charge in [-0.05, 0) is 27.7 Å². The van der Waals surface area contributed by atoms with E-state index in [4.69, 9.17) is 4.74 Å². The Morgan fingerprint density at radius 1 is 1.50 bits per heavy atom. The maximum atomic E-state index is 11.6. The van der Waals surface area contributed by atoms with Crippen molar-refractivity contribution in [2.75, 3.05) is 19.6 Å². The summed E-state index contributed by atoms with van der Waals surface area (Å²) < 4.78 is 5.26. The minimum Gasteiger partial charge on any atom is -0.444 e. The lowest BCUT2D eigenvalue weighted by molar-refractivity contribution is 0.00570. The van der Waals surface area contributed by atoms with E-state index in [1.165, 1.54) is 0 Å². The molecule has 0 bridgehead atoms. The highest BCUT2D eigenvalue weighted by atomic mass is 16.6. The average molecular weight is 226 g/mol. The molecule has 0 unspecified atom stereocenters. The van der Waals surface area contributed by atoms with Crippen LogP contribution in [0.4, 0.5) is 4.79 Å². The van der Waals surface area contributed by atoms with Gasteiger partial charge in [-0.1, -0.05) is 12.2 Å². The van der Waals surface area contributed by atoms with Crippen LogP contribution in [0, 0.1) is 0 Å². The fourth-order valence-electron chi connectivity index (χ4n) is 1.44. The molecular formula is C12H22N2O2. The number of amides is 1. The fraction of sp³-hybridized carbons (Fsp3) is 0.750. The van der Waals surface area contributed by atoms with E-state index in [-0.39, 0.29) is 6.09 Å². The number of ether oxygens (including phenoxy) is 1. The Bertz CT molecular complexity index is 263. The van der Waals surface area contributed by atoms with Crippen LogP contribution >= 0.6 is 0 Å². The van der Waals surface area contributed by atoms with E-state index >= 15 is 0 Å². The number of rotatable bonds is 3. The van der Waals surface area contributed by atoms with Crippen molar-refractivity contribution < 1.29 is 9.53 Å². The summed E-state index contributed by atoms with van der Waals surface area (Å²) in [5, 5.41) is 3.33. The van der Waals surface area contributed by atoms with E-state index in [1.54, 1.807) is 4.90 Å². The number of nitrogens with zero attached hydrogens (tertiary/aromatic N) is 1. The molecule has 0 atom stereocenters. The smallest absolute Gasteiger partial charge is 0.410 e. The molecular weight excluding hydrogens is 204 g/mol. The van der Waals surface area contributed by atoms with Crippen molar-refractivity contribution in [3.63, 3.8) is 0 Å². The second-order valence-corrected chi connectivity index (χ2v) is 5.06. The quantitative estimate of drug-likeness (QED) is 0.746. The van der Waals surface area contributed by atoms with Crippen molar-refractivity contribution in [2.24, 2.45) is 0 Å². The lowest BCUT2D eigenvalue weighted by Gasteiger charge is -2.40. The molecule has 1 N–H and O–H groups in total. The molecule has 0 saturated carbocycles. The first kappa shape index (κ1) is 13.0. The van der Waals surface area contributed by atoms with E-state index in [9.17, 15) is 4.79 Å². The third-order valence-electron chi connectivity index (χ3n) is 2.29. The van der Waals surface area contributed by atoms with Gasteiger partial charge in [-0.2, -0.15) is 0 Å². The van der Waals surface area contributed by atoms with Gasteiger partial charge in [0.25, 0.3) is 0 Å². The van der Waals surface area contributed by atoms with Crippen LogP contribution in [0.5, 0.6) is 0 Å². The molecule has 4 nitrogen and oxygen atoms in total. The van der Waals surface area contributed by atoms with Crippen LogP contribution in [0.2, 0.25) is 0 Å². The van der Waals surface area contributed by atoms with Gasteiger partial charge in [0, 0.05) is 25.7 Å². The zero-order valence-electron chi connectivity index (χ0n) is 10.6. The molecule has 0 aromatic rings. The zero-order chi connectivity index (χ0) is 12.2. The average Bonchev–Trinajstić information content (AvgIpc) is 2.05. The van der Waals surface area contributed by atoms with Gasteiger partial charge in [-0.25, -0.2) is 4.79 Å². The van der Waals surface area contributed by atoms with E-state index in [0.717, 1.165) is 19.6 Å². The number of likely N-dealkylation sites (tertiary alicyclic amines) is 1. The number of carbonyl (C=O) groups is 1. The first-order chi connectivity index (χ1) is 7.42. The third-order valence-corrected chi connectivity index (χ3v) is 2.29. The van der Waals surface area contributed by atoms with Crippen LogP contribution in [-0.4, -0.2) is 42.3 Å². The van der Waals surface area contributed by atoms with E-state index < -0.39 is 5.60 Å².